The van der Waals surface area contributed by atoms with Crippen molar-refractivity contribution in [2.24, 2.45) is 5.92 Å². The average molecular weight is 557 g/mol. The van der Waals surface area contributed by atoms with Crippen molar-refractivity contribution in [3.8, 4) is 11.1 Å². The number of nitrogens with zero attached hydrogens (tertiary/aromatic N) is 2. The summed E-state index contributed by atoms with van der Waals surface area (Å²) >= 11 is 6.30. The van der Waals surface area contributed by atoms with Gasteiger partial charge in [-0.05, 0) is 62.9 Å². The van der Waals surface area contributed by atoms with Gasteiger partial charge in [-0.1, -0.05) is 37.6 Å². The largest absolute Gasteiger partial charge is 0.456 e. The highest BCUT2D eigenvalue weighted by Gasteiger charge is 2.37. The van der Waals surface area contributed by atoms with Gasteiger partial charge in [0.05, 0.1) is 17.7 Å². The summed E-state index contributed by atoms with van der Waals surface area (Å²) < 4.78 is 48.5. The summed E-state index contributed by atoms with van der Waals surface area (Å²) in [5, 5.41) is 0.889. The number of hydrogen-bond acceptors (Lipinski definition) is 6. The second-order valence-electron chi connectivity index (χ2n) is 10.0. The van der Waals surface area contributed by atoms with Crippen molar-refractivity contribution in [2.45, 2.75) is 57.6 Å². The van der Waals surface area contributed by atoms with E-state index in [0.29, 0.717) is 5.56 Å². The predicted molar refractivity (Wildman–Crippen MR) is 140 cm³/mol. The summed E-state index contributed by atoms with van der Waals surface area (Å²) in [5.41, 5.74) is 0.0925. The standard InChI is InChI=1S/C26H34ClFN2O6S/c1-16(2)12-22(24(31)29(6)35-8)30(7)37(33,34)23-14-19(20(27)15-21(23)28)17-10-9-11-18(13-17)25(32)36-26(3,4)5/h9-11,13-16,22H,12H2,1-8H3. The lowest BCUT2D eigenvalue weighted by atomic mass is 10.0. The summed E-state index contributed by atoms with van der Waals surface area (Å²) in [6.45, 7) is 8.89. The van der Waals surface area contributed by atoms with Gasteiger partial charge in [-0.2, -0.15) is 4.31 Å². The third kappa shape index (κ3) is 7.50. The van der Waals surface area contributed by atoms with E-state index in [0.717, 1.165) is 21.5 Å². The molecule has 0 N–H and O–H groups in total. The van der Waals surface area contributed by atoms with Gasteiger partial charge in [0, 0.05) is 19.7 Å². The topological polar surface area (TPSA) is 93.2 Å². The third-order valence-corrected chi connectivity index (χ3v) is 7.68. The Morgan fingerprint density at radius 2 is 1.73 bits per heavy atom. The molecule has 8 nitrogen and oxygen atoms in total. The maximum atomic E-state index is 15.1. The molecule has 37 heavy (non-hydrogen) atoms. The second kappa shape index (κ2) is 11.9. The van der Waals surface area contributed by atoms with Crippen LogP contribution in [0.25, 0.3) is 11.1 Å². The van der Waals surface area contributed by atoms with Crippen LogP contribution in [0.3, 0.4) is 0 Å². The number of benzene rings is 2. The lowest BCUT2D eigenvalue weighted by Crippen LogP contribution is -2.48. The summed E-state index contributed by atoms with van der Waals surface area (Å²) in [5.74, 6) is -2.28. The van der Waals surface area contributed by atoms with E-state index in [9.17, 15) is 18.0 Å². The molecule has 0 heterocycles. The van der Waals surface area contributed by atoms with Gasteiger partial charge in [-0.25, -0.2) is 22.7 Å². The maximum Gasteiger partial charge on any atom is 0.338 e. The minimum atomic E-state index is -4.49. The number of carbonyl (C=O) groups is 2. The van der Waals surface area contributed by atoms with Gasteiger partial charge in [0.1, 0.15) is 22.4 Å². The van der Waals surface area contributed by atoms with Gasteiger partial charge in [0.25, 0.3) is 5.91 Å². The average Bonchev–Trinajstić information content (AvgIpc) is 2.79. The lowest BCUT2D eigenvalue weighted by molar-refractivity contribution is -0.173. The minimum absolute atomic E-state index is 0.0434. The van der Waals surface area contributed by atoms with Crippen molar-refractivity contribution in [1.29, 1.82) is 0 Å². The van der Waals surface area contributed by atoms with Gasteiger partial charge in [0.2, 0.25) is 10.0 Å². The molecule has 11 heteroatoms. The van der Waals surface area contributed by atoms with Crippen LogP contribution in [-0.2, 0) is 24.4 Å². The fraction of sp³-hybridized carbons (Fsp3) is 0.462. The molecular formula is C26H34ClFN2O6S. The number of carbonyl (C=O) groups excluding carboxylic acids is 2. The molecule has 0 aliphatic heterocycles. The fourth-order valence-electron chi connectivity index (χ4n) is 3.57. The molecule has 1 amide bonds. The highest BCUT2D eigenvalue weighted by molar-refractivity contribution is 7.89. The number of hydroxylamine groups is 2. The molecule has 1 unspecified atom stereocenters. The molecule has 0 saturated carbocycles. The Balaban J connectivity index is 2.59. The van der Waals surface area contributed by atoms with Crippen LogP contribution in [0.1, 0.15) is 51.4 Å². The van der Waals surface area contributed by atoms with E-state index in [1.165, 1.54) is 27.3 Å². The van der Waals surface area contributed by atoms with E-state index in [4.69, 9.17) is 21.2 Å². The van der Waals surface area contributed by atoms with Crippen LogP contribution in [-0.4, -0.2) is 62.5 Å². The Bertz CT molecular complexity index is 1260. The van der Waals surface area contributed by atoms with Crippen molar-refractivity contribution in [1.82, 2.24) is 9.37 Å². The molecule has 0 aliphatic carbocycles. The molecule has 0 bridgehead atoms. The number of likely N-dealkylation sites (N-methyl/N-ethyl adjacent to an activating group) is 2. The maximum absolute atomic E-state index is 15.1. The zero-order valence-corrected chi connectivity index (χ0v) is 23.9. The molecule has 0 saturated heterocycles. The van der Waals surface area contributed by atoms with Gasteiger partial charge in [-0.3, -0.25) is 9.63 Å². The van der Waals surface area contributed by atoms with Crippen LogP contribution in [0.4, 0.5) is 4.39 Å². The van der Waals surface area contributed by atoms with Crippen molar-refractivity contribution >= 4 is 33.5 Å². The number of amides is 1. The molecule has 2 rings (SSSR count). The zero-order chi connectivity index (χ0) is 28.3. The van der Waals surface area contributed by atoms with E-state index in [1.54, 1.807) is 39.0 Å². The predicted octanol–water partition coefficient (Wildman–Crippen LogP) is 5.16. The first kappa shape index (κ1) is 30.7. The highest BCUT2D eigenvalue weighted by atomic mass is 35.5. The normalized spacial score (nSPS) is 13.1. The smallest absolute Gasteiger partial charge is 0.338 e. The molecule has 0 aliphatic rings. The summed E-state index contributed by atoms with van der Waals surface area (Å²) in [4.78, 5) is 29.7. The van der Waals surface area contributed by atoms with E-state index in [-0.39, 0.29) is 28.5 Å². The number of halogens is 2. The molecule has 2 aromatic carbocycles. The molecule has 0 spiro atoms. The molecule has 204 valence electrons. The van der Waals surface area contributed by atoms with Crippen molar-refractivity contribution in [2.75, 3.05) is 21.2 Å². The number of hydrogen-bond donors (Lipinski definition) is 0. The first-order valence-electron chi connectivity index (χ1n) is 11.6. The number of ether oxygens (including phenoxy) is 1. The van der Waals surface area contributed by atoms with E-state index in [1.807, 2.05) is 13.8 Å². The van der Waals surface area contributed by atoms with Gasteiger partial charge < -0.3 is 4.74 Å². The molecular weight excluding hydrogens is 523 g/mol. The molecule has 2 aromatic rings. The second-order valence-corrected chi connectivity index (χ2v) is 12.4. The fourth-order valence-corrected chi connectivity index (χ4v) is 5.23. The molecule has 0 fully saturated rings. The quantitative estimate of drug-likeness (QED) is 0.313. The molecule has 0 radical (unpaired) electrons. The summed E-state index contributed by atoms with van der Waals surface area (Å²) in [6.07, 6.45) is 0.183. The SMILES string of the molecule is CON(C)C(=O)C(CC(C)C)N(C)S(=O)(=O)c1cc(-c2cccc(C(=O)OC(C)(C)C)c2)c(Cl)cc1F. The van der Waals surface area contributed by atoms with Gasteiger partial charge in [-0.15, -0.1) is 0 Å². The zero-order valence-electron chi connectivity index (χ0n) is 22.3. The highest BCUT2D eigenvalue weighted by Crippen LogP contribution is 2.34. The minimum Gasteiger partial charge on any atom is -0.456 e. The van der Waals surface area contributed by atoms with Crippen LogP contribution in [0.15, 0.2) is 41.3 Å². The van der Waals surface area contributed by atoms with Crippen LogP contribution in [0.5, 0.6) is 0 Å². The number of sulfonamides is 1. The van der Waals surface area contributed by atoms with Crippen molar-refractivity contribution in [3.63, 3.8) is 0 Å². The van der Waals surface area contributed by atoms with Gasteiger partial charge >= 0.3 is 5.97 Å². The molecule has 1 atom stereocenters. The summed E-state index contributed by atoms with van der Waals surface area (Å²) in [6, 6.07) is 7.12. The van der Waals surface area contributed by atoms with Crippen molar-refractivity contribution in [3.05, 3.63) is 52.8 Å². The van der Waals surface area contributed by atoms with E-state index >= 15 is 4.39 Å². The number of esters is 1. The van der Waals surface area contributed by atoms with E-state index in [2.05, 4.69) is 0 Å². The Hall–Kier alpha value is -2.53. The van der Waals surface area contributed by atoms with Crippen LogP contribution < -0.4 is 0 Å². The first-order valence-corrected chi connectivity index (χ1v) is 13.4. The number of rotatable bonds is 9. The third-order valence-electron chi connectivity index (χ3n) is 5.49. The monoisotopic (exact) mass is 556 g/mol. The Morgan fingerprint density at radius 1 is 1.11 bits per heavy atom. The van der Waals surface area contributed by atoms with Crippen molar-refractivity contribution < 1.29 is 32.0 Å². The first-order chi connectivity index (χ1) is 17.0. The molecule has 0 aromatic heterocycles. The van der Waals surface area contributed by atoms with E-state index < -0.39 is 44.3 Å². The Morgan fingerprint density at radius 3 is 2.27 bits per heavy atom. The Labute approximate surface area is 223 Å². The van der Waals surface area contributed by atoms with Crippen LogP contribution >= 0.6 is 11.6 Å². The summed E-state index contributed by atoms with van der Waals surface area (Å²) in [7, 11) is -0.614. The van der Waals surface area contributed by atoms with Gasteiger partial charge in [0.15, 0.2) is 0 Å². The van der Waals surface area contributed by atoms with Crippen LogP contribution in [0.2, 0.25) is 5.02 Å². The lowest BCUT2D eigenvalue weighted by Gasteiger charge is -2.30. The van der Waals surface area contributed by atoms with Crippen LogP contribution in [0, 0.1) is 11.7 Å². The Kier molecular flexibility index (Phi) is 9.87.